The molecule has 0 aromatic heterocycles. The van der Waals surface area contributed by atoms with Gasteiger partial charge < -0.3 is 0 Å². The van der Waals surface area contributed by atoms with Crippen LogP contribution in [0.1, 0.15) is 61.8 Å². The zero-order valence-corrected chi connectivity index (χ0v) is 15.0. The lowest BCUT2D eigenvalue weighted by molar-refractivity contribution is -0.104. The lowest BCUT2D eigenvalue weighted by Gasteiger charge is -2.63. The lowest BCUT2D eigenvalue weighted by atomic mass is 9.41. The molecular weight excluding hydrogens is 240 g/mol. The van der Waals surface area contributed by atoms with Crippen LogP contribution in [-0.4, -0.2) is 0 Å². The normalized spacial score (nSPS) is 40.6. The lowest BCUT2D eigenvalue weighted by Crippen LogP contribution is -2.57. The predicted molar refractivity (Wildman–Crippen MR) is 89.5 cm³/mol. The van der Waals surface area contributed by atoms with Crippen LogP contribution in [0, 0.1) is 52.8 Å². The van der Waals surface area contributed by atoms with Crippen molar-refractivity contribution in [2.75, 3.05) is 0 Å². The molecule has 3 aliphatic carbocycles. The molecule has 2 bridgehead atoms. The zero-order valence-electron chi connectivity index (χ0n) is 15.0. The molecule has 0 N–H and O–H groups in total. The van der Waals surface area contributed by atoms with Crippen LogP contribution in [0.2, 0.25) is 0 Å². The third kappa shape index (κ3) is 2.18. The van der Waals surface area contributed by atoms with E-state index in [0.29, 0.717) is 5.41 Å². The van der Waals surface area contributed by atoms with Crippen LogP contribution in [0.15, 0.2) is 12.2 Å². The fraction of sp³-hybridized carbons (Fsp3) is 0.900. The Bertz CT molecular complexity index is 354. The summed E-state index contributed by atoms with van der Waals surface area (Å²) in [6.07, 6.45) is 6.70. The minimum atomic E-state index is 0.437. The molecule has 5 atom stereocenters. The minimum absolute atomic E-state index is 0.437. The van der Waals surface area contributed by atoms with Crippen LogP contribution < -0.4 is 0 Å². The van der Waals surface area contributed by atoms with E-state index in [0.717, 1.165) is 47.3 Å². The van der Waals surface area contributed by atoms with Gasteiger partial charge in [-0.25, -0.2) is 0 Å². The average molecular weight is 277 g/mol. The Morgan fingerprint density at radius 1 is 0.850 bits per heavy atom. The highest BCUT2D eigenvalue weighted by Gasteiger charge is 2.58. The van der Waals surface area contributed by atoms with E-state index < -0.39 is 0 Å². The van der Waals surface area contributed by atoms with Gasteiger partial charge in [0.2, 0.25) is 0 Å². The molecule has 3 aliphatic rings. The smallest absolute Gasteiger partial charge is 0.00307 e. The monoisotopic (exact) mass is 276 g/mol. The zero-order chi connectivity index (χ0) is 15.2. The molecule has 0 spiro atoms. The van der Waals surface area contributed by atoms with Crippen molar-refractivity contribution in [3.8, 4) is 0 Å². The Kier molecular flexibility index (Phi) is 4.43. The van der Waals surface area contributed by atoms with E-state index in [1.807, 2.05) is 0 Å². The Morgan fingerprint density at radius 3 is 1.85 bits per heavy atom. The van der Waals surface area contributed by atoms with Gasteiger partial charge in [0.25, 0.3) is 0 Å². The Balaban J connectivity index is 2.55. The summed E-state index contributed by atoms with van der Waals surface area (Å²) in [5.74, 6) is 6.61. The molecule has 1 saturated carbocycles. The average Bonchev–Trinajstić information content (AvgIpc) is 2.37. The summed E-state index contributed by atoms with van der Waals surface area (Å²) in [6, 6.07) is 0. The number of hydrogen-bond donors (Lipinski definition) is 0. The van der Waals surface area contributed by atoms with Crippen LogP contribution in [0.3, 0.4) is 0 Å². The third-order valence-corrected chi connectivity index (χ3v) is 6.58. The predicted octanol–water partition coefficient (Wildman–Crippen LogP) is 6.04. The Hall–Kier alpha value is -0.260. The summed E-state index contributed by atoms with van der Waals surface area (Å²) in [6.45, 7) is 19.7. The van der Waals surface area contributed by atoms with Crippen LogP contribution in [0.4, 0.5) is 0 Å². The van der Waals surface area contributed by atoms with Gasteiger partial charge in [-0.05, 0) is 59.2 Å². The fourth-order valence-corrected chi connectivity index (χ4v) is 6.02. The molecule has 0 heterocycles. The molecule has 3 rings (SSSR count). The van der Waals surface area contributed by atoms with Gasteiger partial charge >= 0.3 is 0 Å². The largest absolute Gasteiger partial charge is 0.0845 e. The van der Waals surface area contributed by atoms with E-state index in [4.69, 9.17) is 0 Å². The summed E-state index contributed by atoms with van der Waals surface area (Å²) < 4.78 is 0. The third-order valence-electron chi connectivity index (χ3n) is 6.58. The molecule has 5 unspecified atom stereocenters. The van der Waals surface area contributed by atoms with Gasteiger partial charge in [-0.15, -0.1) is 0 Å². The van der Waals surface area contributed by atoms with Crippen LogP contribution >= 0.6 is 0 Å². The molecule has 0 aromatic rings. The highest BCUT2D eigenvalue weighted by molar-refractivity contribution is 5.22. The van der Waals surface area contributed by atoms with Gasteiger partial charge in [0.1, 0.15) is 0 Å². The van der Waals surface area contributed by atoms with Crippen molar-refractivity contribution in [1.29, 1.82) is 0 Å². The second-order valence-corrected chi connectivity index (χ2v) is 8.86. The molecular formula is C20H36. The molecule has 0 saturated heterocycles. The summed E-state index contributed by atoms with van der Waals surface area (Å²) in [5.41, 5.74) is 0.437. The van der Waals surface area contributed by atoms with E-state index in [2.05, 4.69) is 67.5 Å². The molecule has 0 heteroatoms. The number of rotatable bonds is 4. The molecule has 20 heavy (non-hydrogen) atoms. The van der Waals surface area contributed by atoms with Crippen molar-refractivity contribution in [2.24, 2.45) is 52.8 Å². The quantitative estimate of drug-likeness (QED) is 0.549. The fourth-order valence-electron chi connectivity index (χ4n) is 6.02. The number of hydrogen-bond acceptors (Lipinski definition) is 0. The first-order chi connectivity index (χ1) is 9.23. The summed E-state index contributed by atoms with van der Waals surface area (Å²) in [5, 5.41) is 0. The first-order valence-electron chi connectivity index (χ1n) is 8.92. The highest BCUT2D eigenvalue weighted by Crippen LogP contribution is 2.64. The van der Waals surface area contributed by atoms with Gasteiger partial charge in [0.15, 0.2) is 0 Å². The van der Waals surface area contributed by atoms with Crippen LogP contribution in [0.25, 0.3) is 0 Å². The minimum Gasteiger partial charge on any atom is -0.0845 e. The second kappa shape index (κ2) is 5.50. The highest BCUT2D eigenvalue weighted by atomic mass is 14.6. The van der Waals surface area contributed by atoms with Crippen molar-refractivity contribution >= 4 is 0 Å². The number of allylic oxidation sites excluding steroid dienone is 2. The maximum Gasteiger partial charge on any atom is -0.00307 e. The van der Waals surface area contributed by atoms with Crippen molar-refractivity contribution in [2.45, 2.75) is 61.8 Å². The van der Waals surface area contributed by atoms with Gasteiger partial charge in [0, 0.05) is 0 Å². The summed E-state index contributed by atoms with van der Waals surface area (Å²) in [7, 11) is 0. The van der Waals surface area contributed by atoms with Crippen molar-refractivity contribution < 1.29 is 0 Å². The Labute approximate surface area is 127 Å². The van der Waals surface area contributed by atoms with Crippen LogP contribution in [-0.2, 0) is 0 Å². The first kappa shape index (κ1) is 16.1. The van der Waals surface area contributed by atoms with Crippen molar-refractivity contribution in [1.82, 2.24) is 0 Å². The molecule has 0 nitrogen and oxygen atoms in total. The molecule has 1 fully saturated rings. The van der Waals surface area contributed by atoms with Crippen molar-refractivity contribution in [3.63, 3.8) is 0 Å². The van der Waals surface area contributed by atoms with Crippen molar-refractivity contribution in [3.05, 3.63) is 12.2 Å². The number of fused-ring (bicyclic) bond motifs is 2. The van der Waals surface area contributed by atoms with Gasteiger partial charge in [0.05, 0.1) is 0 Å². The maximum atomic E-state index is 2.67. The summed E-state index contributed by atoms with van der Waals surface area (Å²) in [4.78, 5) is 0. The molecule has 0 radical (unpaired) electrons. The van der Waals surface area contributed by atoms with E-state index >= 15 is 0 Å². The molecule has 0 amide bonds. The standard InChI is InChI=1S/C20H36/c1-12(2)17-11-16-9-10-20(17,15(7)8)19(14(5)6)18(16)13(3)4/h9-10,12-19H,11H2,1-8H3. The maximum absolute atomic E-state index is 2.67. The molecule has 0 aromatic carbocycles. The van der Waals surface area contributed by atoms with E-state index in [-0.39, 0.29) is 0 Å². The molecule has 0 aliphatic heterocycles. The van der Waals surface area contributed by atoms with Gasteiger partial charge in [-0.3, -0.25) is 0 Å². The second-order valence-electron chi connectivity index (χ2n) is 8.86. The Morgan fingerprint density at radius 2 is 1.45 bits per heavy atom. The topological polar surface area (TPSA) is 0 Å². The van der Waals surface area contributed by atoms with E-state index in [1.165, 1.54) is 6.42 Å². The van der Waals surface area contributed by atoms with Crippen LogP contribution in [0.5, 0.6) is 0 Å². The van der Waals surface area contributed by atoms with Gasteiger partial charge in [-0.1, -0.05) is 67.5 Å². The summed E-state index contributed by atoms with van der Waals surface area (Å²) >= 11 is 0. The first-order valence-corrected chi connectivity index (χ1v) is 8.92. The van der Waals surface area contributed by atoms with Gasteiger partial charge in [-0.2, -0.15) is 0 Å². The van der Waals surface area contributed by atoms with E-state index in [9.17, 15) is 0 Å². The molecule has 116 valence electrons. The van der Waals surface area contributed by atoms with E-state index in [1.54, 1.807) is 0 Å². The SMILES string of the molecule is CC(C)C1C2C=CC(C(C)C)(C(C(C)C)C2)C1C(C)C.